The third-order valence-electron chi connectivity index (χ3n) is 18.7. The van der Waals surface area contributed by atoms with Crippen molar-refractivity contribution in [1.29, 1.82) is 0 Å². The molecule has 0 spiro atoms. The van der Waals surface area contributed by atoms with Crippen LogP contribution in [0.25, 0.3) is 32.4 Å². The number of hydrogen-bond donors (Lipinski definition) is 13. The first-order chi connectivity index (χ1) is 51.3. The van der Waals surface area contributed by atoms with Crippen LogP contribution in [0.4, 0.5) is 4.79 Å². The topological polar surface area (TPSA) is 396 Å². The van der Waals surface area contributed by atoms with Gasteiger partial charge in [0.15, 0.2) is 0 Å². The van der Waals surface area contributed by atoms with Gasteiger partial charge < -0.3 is 83.2 Å². The van der Waals surface area contributed by atoms with Gasteiger partial charge in [-0.2, -0.15) is 0 Å². The van der Waals surface area contributed by atoms with Gasteiger partial charge in [0.1, 0.15) is 77.3 Å². The van der Waals surface area contributed by atoms with E-state index in [4.69, 9.17) is 20.9 Å². The molecule has 2 saturated heterocycles. The molecule has 3 heterocycles. The summed E-state index contributed by atoms with van der Waals surface area (Å²) in [6.45, 7) is 0.617. The van der Waals surface area contributed by atoms with Gasteiger partial charge in [-0.25, -0.2) is 14.4 Å². The number of carbonyl (C=O) groups is 9. The number of phenols is 2. The quantitative estimate of drug-likeness (QED) is 0.0306. The van der Waals surface area contributed by atoms with Gasteiger partial charge in [-0.1, -0.05) is 170 Å². The lowest BCUT2D eigenvalue weighted by Gasteiger charge is -2.32. The third kappa shape index (κ3) is 18.4. The Morgan fingerprint density at radius 3 is 1.63 bits per heavy atom. The predicted molar refractivity (Wildman–Crippen MR) is 396 cm³/mol. The molecule has 0 aliphatic carbocycles. The summed E-state index contributed by atoms with van der Waals surface area (Å²) in [5.74, 6) is -7.12. The Bertz CT molecular complexity index is 4730. The Morgan fingerprint density at radius 1 is 0.519 bits per heavy atom. The molecule has 106 heavy (non-hydrogen) atoms. The van der Waals surface area contributed by atoms with Crippen LogP contribution in [-0.2, 0) is 65.8 Å². The molecule has 25 heteroatoms. The molecule has 0 bridgehead atoms. The number of aromatic nitrogens is 1. The summed E-state index contributed by atoms with van der Waals surface area (Å²) in [4.78, 5) is 131. The van der Waals surface area contributed by atoms with Crippen molar-refractivity contribution < 1.29 is 73.1 Å². The molecular weight excluding hydrogens is 1350 g/mol. The molecule has 546 valence electrons. The van der Waals surface area contributed by atoms with Gasteiger partial charge in [0, 0.05) is 73.4 Å². The number of unbranched alkanes of at least 4 members (excludes halogenated alkanes) is 1. The minimum absolute atomic E-state index is 0.0385. The molecule has 2 aliphatic rings. The lowest BCUT2D eigenvalue weighted by molar-refractivity contribution is -0.143. The van der Waals surface area contributed by atoms with Crippen LogP contribution in [0.2, 0.25) is 0 Å². The summed E-state index contributed by atoms with van der Waals surface area (Å²) in [5, 5.41) is 60.7. The van der Waals surface area contributed by atoms with E-state index in [9.17, 15) is 54.0 Å². The number of benzene rings is 9. The molecular formula is C81H82N10O15. The van der Waals surface area contributed by atoms with E-state index in [-0.39, 0.29) is 69.3 Å². The third-order valence-corrected chi connectivity index (χ3v) is 18.7. The normalized spacial score (nSPS) is 18.7. The molecule has 7 atom stereocenters. The molecule has 1 unspecified atom stereocenters. The molecule has 2 aliphatic heterocycles. The highest BCUT2D eigenvalue weighted by molar-refractivity contribution is 6.03. The van der Waals surface area contributed by atoms with Gasteiger partial charge in [0.05, 0.1) is 6.54 Å². The molecule has 1 aromatic heterocycles. The molecule has 2 fully saturated rings. The van der Waals surface area contributed by atoms with Crippen molar-refractivity contribution in [1.82, 2.24) is 41.8 Å². The molecule has 9 aromatic carbocycles. The van der Waals surface area contributed by atoms with Gasteiger partial charge in [0.2, 0.25) is 35.4 Å². The van der Waals surface area contributed by atoms with Gasteiger partial charge in [0.25, 0.3) is 0 Å². The van der Waals surface area contributed by atoms with E-state index in [1.165, 1.54) is 17.0 Å². The second-order valence-corrected chi connectivity index (χ2v) is 26.0. The zero-order valence-electron chi connectivity index (χ0n) is 57.7. The molecule has 0 radical (unpaired) electrons. The summed E-state index contributed by atoms with van der Waals surface area (Å²) in [6, 6.07) is 50.4. The van der Waals surface area contributed by atoms with E-state index in [0.717, 1.165) is 16.5 Å². The lowest BCUT2D eigenvalue weighted by atomic mass is 9.90. The number of alkyl carbamates (subject to hydrolysis) is 1. The lowest BCUT2D eigenvalue weighted by Crippen LogP contribution is -2.61. The number of carbonyl (C=O) groups excluding carboxylic acids is 7. The zero-order valence-corrected chi connectivity index (χ0v) is 57.7. The number of rotatable bonds is 21. The van der Waals surface area contributed by atoms with Crippen LogP contribution in [0, 0.1) is 0 Å². The fraction of sp³-hybridized carbons (Fsp3) is 0.247. The number of fused-ring (bicyclic) bond motifs is 4. The highest BCUT2D eigenvalue weighted by atomic mass is 16.6. The number of nitrogens with two attached hydrogens (primary N) is 2. The summed E-state index contributed by atoms with van der Waals surface area (Å²) in [5.41, 5.74) is 15.8. The van der Waals surface area contributed by atoms with Crippen LogP contribution in [0.1, 0.15) is 91.4 Å². The number of nitrogens with one attached hydrogen (secondary N) is 7. The maximum absolute atomic E-state index is 15.3. The molecule has 0 saturated carbocycles. The number of H-pyrrole nitrogens is 1. The number of ether oxygens (including phenoxy) is 2. The monoisotopic (exact) mass is 1430 g/mol. The van der Waals surface area contributed by atoms with E-state index in [1.54, 1.807) is 134 Å². The smallest absolute Gasteiger partial charge is 0.407 e. The number of aromatic carboxylic acids is 2. The van der Waals surface area contributed by atoms with Crippen LogP contribution in [0.3, 0.4) is 0 Å². The van der Waals surface area contributed by atoms with Crippen LogP contribution in [-0.4, -0.2) is 146 Å². The van der Waals surface area contributed by atoms with E-state index in [1.807, 2.05) is 60.7 Å². The molecule has 12 rings (SSSR count). The number of para-hydroxylation sites is 1. The molecule has 25 nitrogen and oxygen atoms in total. The maximum atomic E-state index is 15.3. The van der Waals surface area contributed by atoms with Crippen LogP contribution in [0.5, 0.6) is 17.2 Å². The standard InChI is InChI=1S/C58H66N10O9.C23H16O6/c59-27-13-12-22-46-52(69)64-47(30-38-23-25-42(26-24-38)76-36-39-16-6-2-7-17-39)53(70)66-49(31-37-14-4-1-5-15-37)57(74)68-35-43(77-58(75)61-29-28-60)33-50(68)55(72)67-51(40-18-8-3-9-19-40)56(73)65-48(54(71)63-46)32-41-34-62-45-21-11-10-20-44(41)45;24-20-16(14-7-3-1-5-12(14)9-18(20)22(26)27)11-17-15-8-4-2-6-13(15)10-19(21(17)25)23(28)29/h1-11,14-21,23-26,34,43,46-51,62H,12-13,22,27-33,35-36,59-60H2,(H,61,75)(H,63,71)(H,64,69)(H,65,73)(H,66,70)(H,67,72);1-10,24-25H,11H2,(H,26,27)(H,28,29)/t43-,46+,47+,48-,49+,50+,51?;/m1./s1. The van der Waals surface area contributed by atoms with E-state index < -0.39 is 107 Å². The van der Waals surface area contributed by atoms with Gasteiger partial charge >= 0.3 is 18.0 Å². The molecule has 10 aromatic rings. The Morgan fingerprint density at radius 2 is 1.03 bits per heavy atom. The number of hydrogen-bond acceptors (Lipinski definition) is 15. The minimum atomic E-state index is -1.42. The summed E-state index contributed by atoms with van der Waals surface area (Å²) in [6.07, 6.45) is 0.611. The van der Waals surface area contributed by atoms with E-state index in [2.05, 4.69) is 36.9 Å². The van der Waals surface area contributed by atoms with Crippen molar-refractivity contribution in [3.63, 3.8) is 0 Å². The van der Waals surface area contributed by atoms with Crippen molar-refractivity contribution in [2.75, 3.05) is 26.2 Å². The number of amides is 7. The van der Waals surface area contributed by atoms with Crippen molar-refractivity contribution >= 4 is 85.9 Å². The number of carboxylic acids is 2. The highest BCUT2D eigenvalue weighted by Crippen LogP contribution is 2.39. The number of carboxylic acid groups (broad SMARTS) is 2. The SMILES string of the molecule is NCCCC[C@@H]1NC(=O)[C@@H](Cc2c[nH]c3ccccc23)NC(=O)C(c2ccccc2)NC(=O)[C@@H]2C[C@@H](OC(=O)NCCN)CN2C(=O)[C@H](Cc2ccccc2)NC(=O)[C@H](Cc2ccc(OCc3ccccc3)cc2)NC1=O.O=C(O)c1cc2ccccc2c(Cc2c(O)c(C(=O)O)cc3ccccc23)c1O. The Balaban J connectivity index is 0.000000320. The first kappa shape index (κ1) is 74.6. The predicted octanol–water partition coefficient (Wildman–Crippen LogP) is 7.76. The maximum Gasteiger partial charge on any atom is 0.407 e. The first-order valence-corrected chi connectivity index (χ1v) is 34.8. The first-order valence-electron chi connectivity index (χ1n) is 34.8. The van der Waals surface area contributed by atoms with Crippen LogP contribution < -0.4 is 48.1 Å². The zero-order chi connectivity index (χ0) is 74.8. The van der Waals surface area contributed by atoms with E-state index in [0.29, 0.717) is 86.7 Å². The largest absolute Gasteiger partial charge is 0.507 e. The van der Waals surface area contributed by atoms with Gasteiger partial charge in [-0.3, -0.25) is 28.8 Å². The number of aromatic hydroxyl groups is 2. The minimum Gasteiger partial charge on any atom is -0.507 e. The van der Waals surface area contributed by atoms with Crippen molar-refractivity contribution in [2.24, 2.45) is 11.5 Å². The second-order valence-electron chi connectivity index (χ2n) is 26.0. The highest BCUT2D eigenvalue weighted by Gasteiger charge is 2.46. The van der Waals surface area contributed by atoms with Gasteiger partial charge in [-0.05, 0) is 106 Å². The fourth-order valence-corrected chi connectivity index (χ4v) is 13.3. The van der Waals surface area contributed by atoms with Crippen molar-refractivity contribution in [3.8, 4) is 17.2 Å². The number of nitrogens with zero attached hydrogens (tertiary/aromatic N) is 1. The number of aromatic amines is 1. The Kier molecular flexibility index (Phi) is 24.7. The van der Waals surface area contributed by atoms with Crippen LogP contribution in [0.15, 0.2) is 206 Å². The average Bonchev–Trinajstić information content (AvgIpc) is 0.965. The summed E-state index contributed by atoms with van der Waals surface area (Å²) < 4.78 is 11.8. The Labute approximate surface area is 609 Å². The van der Waals surface area contributed by atoms with Crippen LogP contribution >= 0.6 is 0 Å². The van der Waals surface area contributed by atoms with Gasteiger partial charge in [-0.15, -0.1) is 0 Å². The van der Waals surface area contributed by atoms with Crippen molar-refractivity contribution in [2.45, 2.75) is 100 Å². The second kappa shape index (κ2) is 35.0. The molecule has 7 amide bonds. The summed E-state index contributed by atoms with van der Waals surface area (Å²) >= 11 is 0. The van der Waals surface area contributed by atoms with Crippen molar-refractivity contribution in [3.05, 3.63) is 256 Å². The fourth-order valence-electron chi connectivity index (χ4n) is 13.3. The molecule has 15 N–H and O–H groups in total. The average molecular weight is 1440 g/mol. The van der Waals surface area contributed by atoms with E-state index >= 15 is 9.59 Å². The summed E-state index contributed by atoms with van der Waals surface area (Å²) in [7, 11) is 0. The Hall–Kier alpha value is -12.6.